The van der Waals surface area contributed by atoms with Crippen LogP contribution in [0.15, 0.2) is 30.5 Å². The van der Waals surface area contributed by atoms with E-state index in [1.165, 1.54) is 6.42 Å². The van der Waals surface area contributed by atoms with Gasteiger partial charge in [0, 0.05) is 37.8 Å². The number of hydrogen-bond acceptors (Lipinski definition) is 4. The highest BCUT2D eigenvalue weighted by molar-refractivity contribution is 5.87. The maximum atomic E-state index is 12.2. The summed E-state index contributed by atoms with van der Waals surface area (Å²) in [7, 11) is 1.70. The van der Waals surface area contributed by atoms with Gasteiger partial charge in [0.15, 0.2) is 6.61 Å². The molecule has 1 aromatic heterocycles. The third-order valence-electron chi connectivity index (χ3n) is 5.11. The molecule has 1 saturated heterocycles. The standard InChI is InChI=1S/C20H29N3O3/c1-3-22-10-5-6-16(22)14-21-20(24)15-26-19-8-4-7-18-17(19)9-11-23(18)12-13-25-2/h4,7-9,11,16H,3,5-6,10,12-15H2,1-2H3,(H,21,24). The van der Waals surface area contributed by atoms with Crippen molar-refractivity contribution in [2.75, 3.05) is 40.0 Å². The molecule has 0 bridgehead atoms. The summed E-state index contributed by atoms with van der Waals surface area (Å²) < 4.78 is 13.1. The molecule has 1 amide bonds. The second-order valence-corrected chi connectivity index (χ2v) is 6.71. The van der Waals surface area contributed by atoms with E-state index in [1.54, 1.807) is 7.11 Å². The predicted molar refractivity (Wildman–Crippen MR) is 103 cm³/mol. The van der Waals surface area contributed by atoms with Crippen LogP contribution in [0.4, 0.5) is 0 Å². The largest absolute Gasteiger partial charge is 0.483 e. The number of carbonyl (C=O) groups is 1. The molecule has 0 radical (unpaired) electrons. The molecule has 0 aliphatic carbocycles. The van der Waals surface area contributed by atoms with Gasteiger partial charge in [0.25, 0.3) is 5.91 Å². The van der Waals surface area contributed by atoms with Gasteiger partial charge in [-0.1, -0.05) is 13.0 Å². The molecule has 1 atom stereocenters. The lowest BCUT2D eigenvalue weighted by Gasteiger charge is -2.22. The van der Waals surface area contributed by atoms with E-state index in [1.807, 2.05) is 24.4 Å². The average Bonchev–Trinajstić information content (AvgIpc) is 3.29. The molecule has 142 valence electrons. The smallest absolute Gasteiger partial charge is 0.257 e. The second-order valence-electron chi connectivity index (χ2n) is 6.71. The van der Waals surface area contributed by atoms with Crippen LogP contribution in [0.5, 0.6) is 5.75 Å². The first-order valence-corrected chi connectivity index (χ1v) is 9.43. The maximum absolute atomic E-state index is 12.2. The lowest BCUT2D eigenvalue weighted by molar-refractivity contribution is -0.123. The first-order valence-electron chi connectivity index (χ1n) is 9.43. The third-order valence-corrected chi connectivity index (χ3v) is 5.11. The van der Waals surface area contributed by atoms with Crippen molar-refractivity contribution in [3.8, 4) is 5.75 Å². The molecular weight excluding hydrogens is 330 g/mol. The molecule has 1 N–H and O–H groups in total. The van der Waals surface area contributed by atoms with Crippen molar-refractivity contribution >= 4 is 16.8 Å². The van der Waals surface area contributed by atoms with Crippen LogP contribution < -0.4 is 10.1 Å². The minimum Gasteiger partial charge on any atom is -0.483 e. The zero-order valence-electron chi connectivity index (χ0n) is 15.7. The highest BCUT2D eigenvalue weighted by Gasteiger charge is 2.23. The van der Waals surface area contributed by atoms with Crippen molar-refractivity contribution in [3.05, 3.63) is 30.5 Å². The summed E-state index contributed by atoms with van der Waals surface area (Å²) >= 11 is 0. The van der Waals surface area contributed by atoms with Crippen molar-refractivity contribution in [2.45, 2.75) is 32.4 Å². The van der Waals surface area contributed by atoms with E-state index in [0.717, 1.165) is 42.7 Å². The molecular formula is C20H29N3O3. The van der Waals surface area contributed by atoms with Crippen molar-refractivity contribution in [3.63, 3.8) is 0 Å². The number of amides is 1. The molecule has 1 aromatic carbocycles. The molecule has 1 fully saturated rings. The molecule has 6 nitrogen and oxygen atoms in total. The number of nitrogens with zero attached hydrogens (tertiary/aromatic N) is 2. The fraction of sp³-hybridized carbons (Fsp3) is 0.550. The zero-order valence-corrected chi connectivity index (χ0v) is 15.7. The summed E-state index contributed by atoms with van der Waals surface area (Å²) in [5.74, 6) is 0.675. The van der Waals surface area contributed by atoms with Gasteiger partial charge in [-0.25, -0.2) is 0 Å². The first kappa shape index (κ1) is 18.7. The van der Waals surface area contributed by atoms with Crippen LogP contribution >= 0.6 is 0 Å². The van der Waals surface area contributed by atoms with Crippen LogP contribution in [-0.4, -0.2) is 61.4 Å². The molecule has 0 saturated carbocycles. The fourth-order valence-electron chi connectivity index (χ4n) is 3.67. The fourth-order valence-corrected chi connectivity index (χ4v) is 3.67. The number of nitrogens with one attached hydrogen (secondary N) is 1. The lowest BCUT2D eigenvalue weighted by atomic mass is 10.2. The number of carbonyl (C=O) groups excluding carboxylic acids is 1. The number of likely N-dealkylation sites (N-methyl/N-ethyl adjacent to an activating group) is 1. The number of likely N-dealkylation sites (tertiary alicyclic amines) is 1. The van der Waals surface area contributed by atoms with E-state index < -0.39 is 0 Å². The number of rotatable bonds is 9. The van der Waals surface area contributed by atoms with E-state index in [-0.39, 0.29) is 12.5 Å². The number of benzene rings is 1. The van der Waals surface area contributed by atoms with Gasteiger partial charge in [0.1, 0.15) is 5.75 Å². The molecule has 26 heavy (non-hydrogen) atoms. The molecule has 1 unspecified atom stereocenters. The molecule has 3 rings (SSSR count). The monoisotopic (exact) mass is 359 g/mol. The van der Waals surface area contributed by atoms with Crippen LogP contribution in [0.1, 0.15) is 19.8 Å². The van der Waals surface area contributed by atoms with Crippen LogP contribution in [0, 0.1) is 0 Å². The van der Waals surface area contributed by atoms with Crippen molar-refractivity contribution in [1.29, 1.82) is 0 Å². The van der Waals surface area contributed by atoms with Gasteiger partial charge in [0.05, 0.1) is 12.1 Å². The number of aromatic nitrogens is 1. The van der Waals surface area contributed by atoms with Crippen molar-refractivity contribution < 1.29 is 14.3 Å². The summed E-state index contributed by atoms with van der Waals surface area (Å²) in [6.07, 6.45) is 4.40. The van der Waals surface area contributed by atoms with E-state index in [0.29, 0.717) is 19.2 Å². The Labute approximate surface area is 155 Å². The van der Waals surface area contributed by atoms with Crippen molar-refractivity contribution in [2.24, 2.45) is 0 Å². The average molecular weight is 359 g/mol. The summed E-state index contributed by atoms with van der Waals surface area (Å²) in [4.78, 5) is 14.6. The summed E-state index contributed by atoms with van der Waals surface area (Å²) in [5, 5.41) is 4.03. The van der Waals surface area contributed by atoms with Gasteiger partial charge in [-0.05, 0) is 44.1 Å². The van der Waals surface area contributed by atoms with Gasteiger partial charge in [0.2, 0.25) is 0 Å². The predicted octanol–water partition coefficient (Wildman–Crippen LogP) is 2.27. The van der Waals surface area contributed by atoms with Crippen molar-refractivity contribution in [1.82, 2.24) is 14.8 Å². The van der Waals surface area contributed by atoms with Gasteiger partial charge >= 0.3 is 0 Å². The summed E-state index contributed by atoms with van der Waals surface area (Å²) in [6.45, 7) is 6.54. The van der Waals surface area contributed by atoms with E-state index in [2.05, 4.69) is 27.8 Å². The highest BCUT2D eigenvalue weighted by atomic mass is 16.5. The molecule has 0 spiro atoms. The minimum absolute atomic E-state index is 0.0429. The van der Waals surface area contributed by atoms with E-state index in [9.17, 15) is 4.79 Å². The molecule has 2 aromatic rings. The molecule has 1 aliphatic rings. The quantitative estimate of drug-likeness (QED) is 0.746. The Kier molecular flexibility index (Phi) is 6.52. The van der Waals surface area contributed by atoms with Gasteiger partial charge in [-0.2, -0.15) is 0 Å². The van der Waals surface area contributed by atoms with E-state index >= 15 is 0 Å². The van der Waals surface area contributed by atoms with Crippen LogP contribution in [0.2, 0.25) is 0 Å². The topological polar surface area (TPSA) is 55.7 Å². The third kappa shape index (κ3) is 4.37. The minimum atomic E-state index is -0.0660. The van der Waals surface area contributed by atoms with E-state index in [4.69, 9.17) is 9.47 Å². The Hall–Kier alpha value is -2.05. The lowest BCUT2D eigenvalue weighted by Crippen LogP contribution is -2.41. The maximum Gasteiger partial charge on any atom is 0.257 e. The number of ether oxygens (including phenoxy) is 2. The molecule has 1 aliphatic heterocycles. The molecule has 2 heterocycles. The second kappa shape index (κ2) is 9.05. The number of hydrogen-bond donors (Lipinski definition) is 1. The van der Waals surface area contributed by atoms with Crippen LogP contribution in [-0.2, 0) is 16.1 Å². The van der Waals surface area contributed by atoms with Gasteiger partial charge < -0.3 is 19.4 Å². The molecule has 6 heteroatoms. The highest BCUT2D eigenvalue weighted by Crippen LogP contribution is 2.26. The SMILES string of the molecule is CCN1CCCC1CNC(=O)COc1cccc2c1ccn2CCOC. The Morgan fingerprint density at radius 1 is 1.35 bits per heavy atom. The Morgan fingerprint density at radius 3 is 3.04 bits per heavy atom. The van der Waals surface area contributed by atoms with Crippen LogP contribution in [0.3, 0.4) is 0 Å². The Bertz CT molecular complexity index is 728. The number of fused-ring (bicyclic) bond motifs is 1. The van der Waals surface area contributed by atoms with Crippen LogP contribution in [0.25, 0.3) is 10.9 Å². The van der Waals surface area contributed by atoms with Gasteiger partial charge in [-0.15, -0.1) is 0 Å². The summed E-state index contributed by atoms with van der Waals surface area (Å²) in [5.41, 5.74) is 1.09. The summed E-state index contributed by atoms with van der Waals surface area (Å²) in [6, 6.07) is 8.40. The normalized spacial score (nSPS) is 17.7. The van der Waals surface area contributed by atoms with Gasteiger partial charge in [-0.3, -0.25) is 9.69 Å². The number of methoxy groups -OCH3 is 1. The zero-order chi connectivity index (χ0) is 18.4. The first-order chi connectivity index (χ1) is 12.7. The Balaban J connectivity index is 1.54. The Morgan fingerprint density at radius 2 is 2.23 bits per heavy atom.